The van der Waals surface area contributed by atoms with Crippen LogP contribution in [0, 0.1) is 5.92 Å². The molecule has 0 radical (unpaired) electrons. The van der Waals surface area contributed by atoms with Gasteiger partial charge in [-0.2, -0.15) is 0 Å². The molecule has 0 aromatic rings. The first-order valence-electron chi connectivity index (χ1n) is 8.60. The maximum absolute atomic E-state index is 12.0. The van der Waals surface area contributed by atoms with Crippen LogP contribution in [0.5, 0.6) is 0 Å². The first kappa shape index (κ1) is 21.2. The maximum Gasteiger partial charge on any atom is 0.410 e. The fourth-order valence-electron chi connectivity index (χ4n) is 2.69. The molecule has 1 aliphatic heterocycles. The van der Waals surface area contributed by atoms with Crippen molar-refractivity contribution in [3.8, 4) is 0 Å². The molecular weight excluding hydrogens is 330 g/mol. The fraction of sp³-hybridized carbons (Fsp3) is 0.824. The number of aliphatic carboxylic acids is 1. The van der Waals surface area contributed by atoms with Crippen molar-refractivity contribution in [2.75, 3.05) is 19.7 Å². The van der Waals surface area contributed by atoms with Gasteiger partial charge < -0.3 is 24.6 Å². The van der Waals surface area contributed by atoms with Crippen LogP contribution < -0.4 is 0 Å². The number of likely N-dealkylation sites (tertiary alicyclic amines) is 1. The summed E-state index contributed by atoms with van der Waals surface area (Å²) in [6.45, 7) is 7.98. The van der Waals surface area contributed by atoms with E-state index in [0.717, 1.165) is 0 Å². The summed E-state index contributed by atoms with van der Waals surface area (Å²) in [6.07, 6.45) is 1.12. The van der Waals surface area contributed by atoms with Crippen LogP contribution in [-0.2, 0) is 19.1 Å². The van der Waals surface area contributed by atoms with Crippen molar-refractivity contribution in [1.82, 2.24) is 4.90 Å². The lowest BCUT2D eigenvalue weighted by Crippen LogP contribution is -2.48. The van der Waals surface area contributed by atoms with Crippen LogP contribution in [0.3, 0.4) is 0 Å². The second-order valence-corrected chi connectivity index (χ2v) is 7.34. The van der Waals surface area contributed by atoms with Crippen molar-refractivity contribution >= 4 is 18.0 Å². The van der Waals surface area contributed by atoms with Crippen LogP contribution in [0.15, 0.2) is 0 Å². The standard InChI is InChI=1S/C17H29NO7/c1-5-24-14(21)17(23,13(19)20)9-6-12-7-10-18(11-8-12)15(22)25-16(2,3)4/h12,23H,5-11H2,1-4H3,(H,19,20)/t17-/m0/s1. The Kier molecular flexibility index (Phi) is 7.22. The van der Waals surface area contributed by atoms with Crippen molar-refractivity contribution < 1.29 is 34.1 Å². The lowest BCUT2D eigenvalue weighted by molar-refractivity contribution is -0.181. The van der Waals surface area contributed by atoms with Crippen molar-refractivity contribution in [1.29, 1.82) is 0 Å². The highest BCUT2D eigenvalue weighted by molar-refractivity contribution is 6.02. The molecule has 1 atom stereocenters. The SMILES string of the molecule is CCOC(=O)[C@](O)(CCC1CCN(C(=O)OC(C)(C)C)CC1)C(=O)O. The molecule has 8 heteroatoms. The number of hydrogen-bond acceptors (Lipinski definition) is 6. The Bertz CT molecular complexity index is 492. The summed E-state index contributed by atoms with van der Waals surface area (Å²) in [5.74, 6) is -2.61. The normalized spacial score (nSPS) is 18.4. The highest BCUT2D eigenvalue weighted by atomic mass is 16.6. The summed E-state index contributed by atoms with van der Waals surface area (Å²) in [6, 6.07) is 0. The molecule has 0 saturated carbocycles. The fourth-order valence-corrected chi connectivity index (χ4v) is 2.69. The molecule has 1 amide bonds. The maximum atomic E-state index is 12.0. The van der Waals surface area contributed by atoms with Gasteiger partial charge in [-0.3, -0.25) is 0 Å². The third kappa shape index (κ3) is 6.19. The van der Waals surface area contributed by atoms with E-state index < -0.39 is 23.1 Å². The molecule has 144 valence electrons. The van der Waals surface area contributed by atoms with Gasteiger partial charge in [-0.25, -0.2) is 14.4 Å². The third-order valence-electron chi connectivity index (χ3n) is 4.15. The number of carboxylic acids is 1. The number of hydrogen-bond donors (Lipinski definition) is 2. The number of piperidine rings is 1. The van der Waals surface area contributed by atoms with Crippen molar-refractivity contribution in [2.45, 2.75) is 64.6 Å². The largest absolute Gasteiger partial charge is 0.479 e. The number of aliphatic hydroxyl groups is 1. The predicted molar refractivity (Wildman–Crippen MR) is 89.0 cm³/mol. The Labute approximate surface area is 148 Å². The van der Waals surface area contributed by atoms with E-state index in [1.54, 1.807) is 32.6 Å². The minimum absolute atomic E-state index is 0.00268. The molecule has 0 aromatic heterocycles. The third-order valence-corrected chi connectivity index (χ3v) is 4.15. The van der Waals surface area contributed by atoms with Gasteiger partial charge in [0.2, 0.25) is 0 Å². The van der Waals surface area contributed by atoms with Gasteiger partial charge in [0.1, 0.15) is 5.60 Å². The van der Waals surface area contributed by atoms with Crippen LogP contribution in [0.2, 0.25) is 0 Å². The zero-order valence-electron chi connectivity index (χ0n) is 15.4. The number of carbonyl (C=O) groups is 3. The molecule has 0 aromatic carbocycles. The lowest BCUT2D eigenvalue weighted by atomic mass is 9.87. The quantitative estimate of drug-likeness (QED) is 0.549. The number of ether oxygens (including phenoxy) is 2. The smallest absolute Gasteiger partial charge is 0.410 e. The number of carbonyl (C=O) groups excluding carboxylic acids is 2. The van der Waals surface area contributed by atoms with E-state index in [-0.39, 0.29) is 25.0 Å². The van der Waals surface area contributed by atoms with E-state index in [0.29, 0.717) is 32.4 Å². The number of carboxylic acid groups (broad SMARTS) is 1. The topological polar surface area (TPSA) is 113 Å². The van der Waals surface area contributed by atoms with Crippen LogP contribution in [0.1, 0.15) is 53.4 Å². The molecule has 0 unspecified atom stereocenters. The highest BCUT2D eigenvalue weighted by Gasteiger charge is 2.46. The van der Waals surface area contributed by atoms with Crippen molar-refractivity contribution in [2.24, 2.45) is 5.92 Å². The molecule has 2 N–H and O–H groups in total. The van der Waals surface area contributed by atoms with E-state index in [9.17, 15) is 19.5 Å². The molecule has 8 nitrogen and oxygen atoms in total. The zero-order chi connectivity index (χ0) is 19.3. The second-order valence-electron chi connectivity index (χ2n) is 7.34. The van der Waals surface area contributed by atoms with E-state index in [2.05, 4.69) is 4.74 Å². The Morgan fingerprint density at radius 1 is 1.16 bits per heavy atom. The van der Waals surface area contributed by atoms with Crippen molar-refractivity contribution in [3.05, 3.63) is 0 Å². The summed E-state index contributed by atoms with van der Waals surface area (Å²) in [4.78, 5) is 36.6. The van der Waals surface area contributed by atoms with Gasteiger partial charge in [0.15, 0.2) is 0 Å². The summed E-state index contributed by atoms with van der Waals surface area (Å²) < 4.78 is 9.99. The molecule has 1 aliphatic rings. The molecule has 0 aliphatic carbocycles. The van der Waals surface area contributed by atoms with Gasteiger partial charge in [0.05, 0.1) is 6.61 Å². The number of rotatable bonds is 6. The van der Waals surface area contributed by atoms with Crippen LogP contribution in [0.25, 0.3) is 0 Å². The molecule has 25 heavy (non-hydrogen) atoms. The van der Waals surface area contributed by atoms with Crippen LogP contribution >= 0.6 is 0 Å². The van der Waals surface area contributed by atoms with Crippen LogP contribution in [0.4, 0.5) is 4.79 Å². The van der Waals surface area contributed by atoms with Gasteiger partial charge in [-0.05, 0) is 59.3 Å². The van der Waals surface area contributed by atoms with Gasteiger partial charge in [-0.15, -0.1) is 0 Å². The first-order chi connectivity index (χ1) is 11.5. The molecular formula is C17H29NO7. The number of nitrogens with zero attached hydrogens (tertiary/aromatic N) is 1. The Balaban J connectivity index is 2.52. The minimum Gasteiger partial charge on any atom is -0.479 e. The van der Waals surface area contributed by atoms with Gasteiger partial charge in [-0.1, -0.05) is 0 Å². The van der Waals surface area contributed by atoms with E-state index in [4.69, 9.17) is 9.84 Å². The lowest BCUT2D eigenvalue weighted by Gasteiger charge is -2.34. The average molecular weight is 359 g/mol. The number of amides is 1. The first-order valence-corrected chi connectivity index (χ1v) is 8.60. The predicted octanol–water partition coefficient (Wildman–Crippen LogP) is 1.79. The average Bonchev–Trinajstić information content (AvgIpc) is 2.51. The van der Waals surface area contributed by atoms with Gasteiger partial charge in [0, 0.05) is 13.1 Å². The Morgan fingerprint density at radius 3 is 2.16 bits per heavy atom. The summed E-state index contributed by atoms with van der Waals surface area (Å²) in [7, 11) is 0. The van der Waals surface area contributed by atoms with E-state index >= 15 is 0 Å². The molecule has 1 heterocycles. The molecule has 1 saturated heterocycles. The summed E-state index contributed by atoms with van der Waals surface area (Å²) in [5.41, 5.74) is -3.07. The van der Waals surface area contributed by atoms with E-state index in [1.807, 2.05) is 0 Å². The van der Waals surface area contributed by atoms with Gasteiger partial charge >= 0.3 is 18.0 Å². The Morgan fingerprint density at radius 2 is 1.72 bits per heavy atom. The second kappa shape index (κ2) is 8.51. The van der Waals surface area contributed by atoms with Gasteiger partial charge in [0.25, 0.3) is 5.60 Å². The molecule has 0 bridgehead atoms. The summed E-state index contributed by atoms with van der Waals surface area (Å²) in [5, 5.41) is 19.3. The Hall–Kier alpha value is -1.83. The zero-order valence-corrected chi connectivity index (χ0v) is 15.4. The monoisotopic (exact) mass is 359 g/mol. The molecule has 1 fully saturated rings. The van der Waals surface area contributed by atoms with Crippen molar-refractivity contribution in [3.63, 3.8) is 0 Å². The summed E-state index contributed by atoms with van der Waals surface area (Å²) >= 11 is 0. The van der Waals surface area contributed by atoms with E-state index in [1.165, 1.54) is 0 Å². The van der Waals surface area contributed by atoms with Crippen LogP contribution in [-0.4, -0.2) is 64.0 Å². The number of esters is 1. The molecule has 1 rings (SSSR count). The minimum atomic E-state index is -2.52. The highest BCUT2D eigenvalue weighted by Crippen LogP contribution is 2.27. The molecule has 0 spiro atoms.